The smallest absolute Gasteiger partial charge is 0.263 e. The molecule has 0 aliphatic rings. The van der Waals surface area contributed by atoms with Crippen LogP contribution >= 0.6 is 15.9 Å². The number of nitrogen functional groups attached to an aromatic ring is 1. The summed E-state index contributed by atoms with van der Waals surface area (Å²) in [4.78, 5) is -0.0724. The predicted molar refractivity (Wildman–Crippen MR) is 80.5 cm³/mol. The maximum absolute atomic E-state index is 12.3. The van der Waals surface area contributed by atoms with E-state index in [2.05, 4.69) is 20.7 Å². The average molecular weight is 352 g/mol. The summed E-state index contributed by atoms with van der Waals surface area (Å²) >= 11 is 3.24. The van der Waals surface area contributed by atoms with E-state index in [1.165, 1.54) is 18.2 Å². The molecule has 20 heavy (non-hydrogen) atoms. The normalized spacial score (nSPS) is 10.8. The van der Waals surface area contributed by atoms with Crippen LogP contribution in [0.3, 0.4) is 0 Å². The highest BCUT2D eigenvalue weighted by atomic mass is 79.9. The molecule has 0 fully saturated rings. The Bertz CT molecular complexity index is 798. The van der Waals surface area contributed by atoms with E-state index in [0.29, 0.717) is 15.8 Å². The molecule has 0 bridgehead atoms. The number of sulfonamides is 1. The van der Waals surface area contributed by atoms with Gasteiger partial charge in [0.1, 0.15) is 11.0 Å². The van der Waals surface area contributed by atoms with Crippen LogP contribution in [0.2, 0.25) is 0 Å². The molecule has 3 N–H and O–H groups in total. The number of halogens is 1. The third-order valence-electron chi connectivity index (χ3n) is 2.53. The maximum Gasteiger partial charge on any atom is 0.263 e. The van der Waals surface area contributed by atoms with Gasteiger partial charge in [-0.15, -0.1) is 0 Å². The number of nitrogens with one attached hydrogen (secondary N) is 1. The largest absolute Gasteiger partial charge is 0.399 e. The van der Waals surface area contributed by atoms with Gasteiger partial charge in [-0.05, 0) is 46.3 Å². The molecule has 0 atom stereocenters. The molecular weight excluding hydrogens is 342 g/mol. The fourth-order valence-corrected chi connectivity index (χ4v) is 3.32. The van der Waals surface area contributed by atoms with Crippen LogP contribution in [0.15, 0.2) is 51.8 Å². The van der Waals surface area contributed by atoms with Gasteiger partial charge in [0.15, 0.2) is 0 Å². The Hall–Kier alpha value is -2.04. The fourth-order valence-electron chi connectivity index (χ4n) is 1.61. The van der Waals surface area contributed by atoms with E-state index in [-0.39, 0.29) is 10.5 Å². The topological polar surface area (TPSA) is 96.0 Å². The highest BCUT2D eigenvalue weighted by molar-refractivity contribution is 9.10. The molecule has 102 valence electrons. The minimum absolute atomic E-state index is 0.0724. The lowest BCUT2D eigenvalue weighted by Crippen LogP contribution is -2.14. The van der Waals surface area contributed by atoms with Gasteiger partial charge in [-0.25, -0.2) is 8.42 Å². The molecule has 2 aromatic rings. The molecule has 0 aromatic heterocycles. The van der Waals surface area contributed by atoms with Gasteiger partial charge in [-0.2, -0.15) is 5.26 Å². The molecule has 0 amide bonds. The number of nitrogens with two attached hydrogens (primary N) is 1. The number of benzene rings is 2. The van der Waals surface area contributed by atoms with E-state index >= 15 is 0 Å². The Kier molecular flexibility index (Phi) is 3.97. The van der Waals surface area contributed by atoms with E-state index in [1.54, 1.807) is 24.3 Å². The summed E-state index contributed by atoms with van der Waals surface area (Å²) in [6.45, 7) is 0. The van der Waals surface area contributed by atoms with Crippen LogP contribution in [-0.2, 0) is 10.0 Å². The molecule has 0 aliphatic carbocycles. The monoisotopic (exact) mass is 351 g/mol. The Morgan fingerprint density at radius 2 is 1.90 bits per heavy atom. The third kappa shape index (κ3) is 2.92. The Morgan fingerprint density at radius 3 is 2.60 bits per heavy atom. The predicted octanol–water partition coefficient (Wildman–Crippen LogP) is 2.70. The summed E-state index contributed by atoms with van der Waals surface area (Å²) in [6.07, 6.45) is 0. The highest BCUT2D eigenvalue weighted by Crippen LogP contribution is 2.27. The van der Waals surface area contributed by atoms with Crippen molar-refractivity contribution in [2.24, 2.45) is 0 Å². The van der Waals surface area contributed by atoms with Crippen LogP contribution in [0.1, 0.15) is 5.56 Å². The number of hydrogen-bond donors (Lipinski definition) is 2. The molecule has 5 nitrogen and oxygen atoms in total. The van der Waals surface area contributed by atoms with Crippen LogP contribution in [0.25, 0.3) is 0 Å². The van der Waals surface area contributed by atoms with Gasteiger partial charge in [0.05, 0.1) is 11.3 Å². The van der Waals surface area contributed by atoms with Crippen molar-refractivity contribution in [1.82, 2.24) is 0 Å². The first-order valence-corrected chi connectivity index (χ1v) is 7.78. The number of nitrogens with zero attached hydrogens (tertiary/aromatic N) is 1. The van der Waals surface area contributed by atoms with Gasteiger partial charge < -0.3 is 5.73 Å². The summed E-state index contributed by atoms with van der Waals surface area (Å²) in [5.41, 5.74) is 6.46. The highest BCUT2D eigenvalue weighted by Gasteiger charge is 2.19. The van der Waals surface area contributed by atoms with Gasteiger partial charge >= 0.3 is 0 Å². The molecule has 2 aromatic carbocycles. The summed E-state index contributed by atoms with van der Waals surface area (Å²) in [5, 5.41) is 8.98. The minimum Gasteiger partial charge on any atom is -0.399 e. The molecule has 0 spiro atoms. The lowest BCUT2D eigenvalue weighted by atomic mass is 10.2. The van der Waals surface area contributed by atoms with Crippen molar-refractivity contribution in [3.05, 3.63) is 52.5 Å². The summed E-state index contributed by atoms with van der Waals surface area (Å²) in [6, 6.07) is 12.6. The first-order chi connectivity index (χ1) is 9.44. The van der Waals surface area contributed by atoms with Gasteiger partial charge in [0, 0.05) is 10.2 Å². The SMILES string of the molecule is N#Cc1ccccc1S(=O)(=O)Nc1cc(N)ccc1Br. The molecule has 7 heteroatoms. The number of rotatable bonds is 3. The molecule has 2 rings (SSSR count). The average Bonchev–Trinajstić information content (AvgIpc) is 2.42. The molecule has 0 radical (unpaired) electrons. The zero-order valence-electron chi connectivity index (χ0n) is 10.2. The van der Waals surface area contributed by atoms with Crippen molar-refractivity contribution in [1.29, 1.82) is 5.26 Å². The van der Waals surface area contributed by atoms with Crippen molar-refractivity contribution >= 4 is 37.3 Å². The van der Waals surface area contributed by atoms with Gasteiger partial charge in [0.25, 0.3) is 10.0 Å². The van der Waals surface area contributed by atoms with Crippen molar-refractivity contribution in [3.63, 3.8) is 0 Å². The van der Waals surface area contributed by atoms with Crippen LogP contribution in [0, 0.1) is 11.3 Å². The summed E-state index contributed by atoms with van der Waals surface area (Å²) < 4.78 is 27.6. The van der Waals surface area contributed by atoms with E-state index < -0.39 is 10.0 Å². The van der Waals surface area contributed by atoms with E-state index in [4.69, 9.17) is 11.0 Å². The fraction of sp³-hybridized carbons (Fsp3) is 0. The molecule has 0 aliphatic heterocycles. The van der Waals surface area contributed by atoms with Crippen LogP contribution < -0.4 is 10.5 Å². The lowest BCUT2D eigenvalue weighted by Gasteiger charge is -2.11. The number of anilines is 2. The van der Waals surface area contributed by atoms with Gasteiger partial charge in [-0.1, -0.05) is 12.1 Å². The zero-order chi connectivity index (χ0) is 14.8. The van der Waals surface area contributed by atoms with Crippen molar-refractivity contribution < 1.29 is 8.42 Å². The van der Waals surface area contributed by atoms with Gasteiger partial charge in [0.2, 0.25) is 0 Å². The summed E-state index contributed by atoms with van der Waals surface area (Å²) in [5.74, 6) is 0. The van der Waals surface area contributed by atoms with Crippen LogP contribution in [0.4, 0.5) is 11.4 Å². The standard InChI is InChI=1S/C13H10BrN3O2S/c14-11-6-5-10(16)7-12(11)17-20(18,19)13-4-2-1-3-9(13)8-15/h1-7,17H,16H2. The van der Waals surface area contributed by atoms with Crippen LogP contribution in [-0.4, -0.2) is 8.42 Å². The molecule has 0 heterocycles. The number of nitriles is 1. The molecular formula is C13H10BrN3O2S. The second-order valence-corrected chi connectivity index (χ2v) is 6.46. The number of hydrogen-bond acceptors (Lipinski definition) is 4. The Balaban J connectivity index is 2.47. The second-order valence-electron chi connectivity index (χ2n) is 3.95. The second kappa shape index (κ2) is 5.53. The van der Waals surface area contributed by atoms with Crippen molar-refractivity contribution in [2.45, 2.75) is 4.90 Å². The molecule has 0 saturated heterocycles. The first kappa shape index (κ1) is 14.4. The summed E-state index contributed by atoms with van der Waals surface area (Å²) in [7, 11) is -3.85. The van der Waals surface area contributed by atoms with E-state index in [0.717, 1.165) is 0 Å². The van der Waals surface area contributed by atoms with Gasteiger partial charge in [-0.3, -0.25) is 4.72 Å². The first-order valence-electron chi connectivity index (χ1n) is 5.51. The van der Waals surface area contributed by atoms with Crippen molar-refractivity contribution in [2.75, 3.05) is 10.5 Å². The molecule has 0 saturated carbocycles. The minimum atomic E-state index is -3.85. The Labute approximate surface area is 125 Å². The zero-order valence-corrected chi connectivity index (χ0v) is 12.6. The molecule has 0 unspecified atom stereocenters. The van der Waals surface area contributed by atoms with E-state index in [1.807, 2.05) is 6.07 Å². The lowest BCUT2D eigenvalue weighted by molar-refractivity contribution is 0.601. The van der Waals surface area contributed by atoms with Crippen LogP contribution in [0.5, 0.6) is 0 Å². The third-order valence-corrected chi connectivity index (χ3v) is 4.65. The Morgan fingerprint density at radius 1 is 1.20 bits per heavy atom. The quantitative estimate of drug-likeness (QED) is 0.830. The maximum atomic E-state index is 12.3. The van der Waals surface area contributed by atoms with E-state index in [9.17, 15) is 8.42 Å². The van der Waals surface area contributed by atoms with Crippen molar-refractivity contribution in [3.8, 4) is 6.07 Å².